The molecule has 1 aliphatic carbocycles. The van der Waals surface area contributed by atoms with Gasteiger partial charge in [-0.1, -0.05) is 6.42 Å². The van der Waals surface area contributed by atoms with E-state index < -0.39 is 0 Å². The Kier molecular flexibility index (Phi) is 4.39. The Labute approximate surface area is 102 Å². The quantitative estimate of drug-likeness (QED) is 0.734. The Hall–Kier alpha value is -1.07. The Morgan fingerprint density at radius 3 is 2.82 bits per heavy atom. The Balaban J connectivity index is 1.71. The Bertz CT molecular complexity index is 335. The minimum absolute atomic E-state index is 0.255. The molecule has 1 heterocycles. The highest BCUT2D eigenvalue weighted by atomic mass is 16.3. The zero-order valence-corrected chi connectivity index (χ0v) is 10.3. The normalized spacial score (nSPS) is 16.4. The summed E-state index contributed by atoms with van der Waals surface area (Å²) >= 11 is 0. The third kappa shape index (κ3) is 3.44. The average Bonchev–Trinajstić information content (AvgIpc) is 2.62. The number of hydrogen-bond acceptors (Lipinski definition) is 4. The molecule has 0 aliphatic heterocycles. The predicted octanol–water partition coefficient (Wildman–Crippen LogP) is 0.702. The van der Waals surface area contributed by atoms with Crippen molar-refractivity contribution in [2.75, 3.05) is 25.4 Å². The zero-order chi connectivity index (χ0) is 12.1. The second-order valence-corrected chi connectivity index (χ2v) is 4.70. The fourth-order valence-electron chi connectivity index (χ4n) is 2.29. The predicted molar refractivity (Wildman–Crippen MR) is 67.6 cm³/mol. The molecule has 0 saturated heterocycles. The van der Waals surface area contributed by atoms with E-state index in [1.54, 1.807) is 0 Å². The highest BCUT2D eigenvalue weighted by Gasteiger charge is 2.23. The molecule has 3 N–H and O–H groups in total. The smallest absolute Gasteiger partial charge is 0.145 e. The van der Waals surface area contributed by atoms with Crippen LogP contribution in [0.1, 0.15) is 25.7 Å². The van der Waals surface area contributed by atoms with Crippen molar-refractivity contribution < 1.29 is 5.11 Å². The lowest BCUT2D eigenvalue weighted by atomic mass is 9.91. The third-order valence-electron chi connectivity index (χ3n) is 3.47. The molecule has 0 spiro atoms. The standard InChI is InChI=1S/C12H22N4O/c13-12-5-8-16(14-12)7-2-6-15(9-10-17)11-3-1-4-11/h5,8,11,17H,1-4,6-7,9-10H2,(H2,13,14). The lowest BCUT2D eigenvalue weighted by Gasteiger charge is -2.37. The SMILES string of the molecule is Nc1ccn(CCCN(CCO)C2CCC2)n1. The highest BCUT2D eigenvalue weighted by Crippen LogP contribution is 2.24. The van der Waals surface area contributed by atoms with E-state index in [4.69, 9.17) is 10.8 Å². The summed E-state index contributed by atoms with van der Waals surface area (Å²) in [6.07, 6.45) is 6.87. The van der Waals surface area contributed by atoms with E-state index in [2.05, 4.69) is 10.00 Å². The van der Waals surface area contributed by atoms with Crippen LogP contribution in [0.15, 0.2) is 12.3 Å². The van der Waals surface area contributed by atoms with Crippen molar-refractivity contribution in [3.8, 4) is 0 Å². The van der Waals surface area contributed by atoms with Crippen molar-refractivity contribution in [1.29, 1.82) is 0 Å². The number of aliphatic hydroxyl groups is 1. The molecule has 5 nitrogen and oxygen atoms in total. The molecule has 5 heteroatoms. The minimum Gasteiger partial charge on any atom is -0.395 e. The van der Waals surface area contributed by atoms with Crippen molar-refractivity contribution >= 4 is 5.82 Å². The van der Waals surface area contributed by atoms with Crippen LogP contribution in [-0.4, -0.2) is 45.5 Å². The summed E-state index contributed by atoms with van der Waals surface area (Å²) in [4.78, 5) is 2.40. The summed E-state index contributed by atoms with van der Waals surface area (Å²) in [6, 6.07) is 2.52. The molecule has 0 amide bonds. The number of nitrogen functional groups attached to an aromatic ring is 1. The highest BCUT2D eigenvalue weighted by molar-refractivity contribution is 5.23. The lowest BCUT2D eigenvalue weighted by Crippen LogP contribution is -2.42. The third-order valence-corrected chi connectivity index (χ3v) is 3.47. The molecule has 1 saturated carbocycles. The van der Waals surface area contributed by atoms with Gasteiger partial charge in [-0.05, 0) is 25.3 Å². The molecule has 0 bridgehead atoms. The molecule has 0 radical (unpaired) electrons. The first-order chi connectivity index (χ1) is 8.29. The molecule has 1 aliphatic rings. The van der Waals surface area contributed by atoms with Gasteiger partial charge in [0.15, 0.2) is 0 Å². The lowest BCUT2D eigenvalue weighted by molar-refractivity contribution is 0.0986. The Morgan fingerprint density at radius 2 is 2.29 bits per heavy atom. The fraction of sp³-hybridized carbons (Fsp3) is 0.750. The van der Waals surface area contributed by atoms with Gasteiger partial charge in [-0.3, -0.25) is 9.58 Å². The van der Waals surface area contributed by atoms with Crippen molar-refractivity contribution in [1.82, 2.24) is 14.7 Å². The molecule has 0 atom stereocenters. The minimum atomic E-state index is 0.255. The van der Waals surface area contributed by atoms with Gasteiger partial charge in [-0.25, -0.2) is 0 Å². The van der Waals surface area contributed by atoms with Crippen LogP contribution in [-0.2, 0) is 6.54 Å². The maximum Gasteiger partial charge on any atom is 0.145 e. The van der Waals surface area contributed by atoms with E-state index in [1.807, 2.05) is 16.9 Å². The topological polar surface area (TPSA) is 67.3 Å². The van der Waals surface area contributed by atoms with Crippen molar-refractivity contribution in [2.45, 2.75) is 38.3 Å². The maximum absolute atomic E-state index is 9.05. The first-order valence-corrected chi connectivity index (χ1v) is 6.43. The Morgan fingerprint density at radius 1 is 1.47 bits per heavy atom. The van der Waals surface area contributed by atoms with Gasteiger partial charge in [0, 0.05) is 31.9 Å². The van der Waals surface area contributed by atoms with Crippen LogP contribution in [0.25, 0.3) is 0 Å². The molecule has 0 aromatic carbocycles. The summed E-state index contributed by atoms with van der Waals surface area (Å²) in [6.45, 7) is 2.98. The van der Waals surface area contributed by atoms with E-state index in [9.17, 15) is 0 Å². The molecule has 1 aromatic rings. The molecule has 1 fully saturated rings. The average molecular weight is 238 g/mol. The van der Waals surface area contributed by atoms with Crippen LogP contribution in [0, 0.1) is 0 Å². The van der Waals surface area contributed by atoms with Crippen LogP contribution < -0.4 is 5.73 Å². The summed E-state index contributed by atoms with van der Waals surface area (Å²) in [5.41, 5.74) is 5.56. The first kappa shape index (κ1) is 12.4. The number of anilines is 1. The summed E-state index contributed by atoms with van der Waals surface area (Å²) < 4.78 is 1.88. The van der Waals surface area contributed by atoms with Gasteiger partial charge in [0.05, 0.1) is 6.61 Å². The van der Waals surface area contributed by atoms with Crippen LogP contribution >= 0.6 is 0 Å². The summed E-state index contributed by atoms with van der Waals surface area (Å²) in [5, 5.41) is 13.2. The van der Waals surface area contributed by atoms with Gasteiger partial charge in [0.2, 0.25) is 0 Å². The van der Waals surface area contributed by atoms with Gasteiger partial charge in [-0.2, -0.15) is 5.10 Å². The zero-order valence-electron chi connectivity index (χ0n) is 10.3. The van der Waals surface area contributed by atoms with Crippen LogP contribution in [0.2, 0.25) is 0 Å². The van der Waals surface area contributed by atoms with E-state index >= 15 is 0 Å². The van der Waals surface area contributed by atoms with Crippen molar-refractivity contribution in [3.05, 3.63) is 12.3 Å². The van der Waals surface area contributed by atoms with Crippen molar-refractivity contribution in [3.63, 3.8) is 0 Å². The maximum atomic E-state index is 9.05. The molecular weight excluding hydrogens is 216 g/mol. The van der Waals surface area contributed by atoms with Gasteiger partial charge in [0.25, 0.3) is 0 Å². The molecule has 96 valence electrons. The van der Waals surface area contributed by atoms with E-state index in [0.717, 1.165) is 26.1 Å². The molecular formula is C12H22N4O. The second-order valence-electron chi connectivity index (χ2n) is 4.70. The molecule has 0 unspecified atom stereocenters. The summed E-state index contributed by atoms with van der Waals surface area (Å²) in [5.74, 6) is 0.580. The molecule has 17 heavy (non-hydrogen) atoms. The number of aromatic nitrogens is 2. The number of nitrogens with two attached hydrogens (primary N) is 1. The van der Waals surface area contributed by atoms with Crippen LogP contribution in [0.5, 0.6) is 0 Å². The second kappa shape index (κ2) is 6.02. The summed E-state index contributed by atoms with van der Waals surface area (Å²) in [7, 11) is 0. The number of aliphatic hydroxyl groups excluding tert-OH is 1. The van der Waals surface area contributed by atoms with Gasteiger partial charge in [0.1, 0.15) is 5.82 Å². The van der Waals surface area contributed by atoms with E-state index in [-0.39, 0.29) is 6.61 Å². The monoisotopic (exact) mass is 238 g/mol. The van der Waals surface area contributed by atoms with E-state index in [0.29, 0.717) is 11.9 Å². The van der Waals surface area contributed by atoms with Crippen LogP contribution in [0.4, 0.5) is 5.82 Å². The fourth-order valence-corrected chi connectivity index (χ4v) is 2.29. The molecule has 2 rings (SSSR count). The number of hydrogen-bond donors (Lipinski definition) is 2. The number of rotatable bonds is 7. The van der Waals surface area contributed by atoms with E-state index in [1.165, 1.54) is 19.3 Å². The molecule has 1 aromatic heterocycles. The van der Waals surface area contributed by atoms with Gasteiger partial charge >= 0.3 is 0 Å². The van der Waals surface area contributed by atoms with Crippen LogP contribution in [0.3, 0.4) is 0 Å². The van der Waals surface area contributed by atoms with Gasteiger partial charge in [-0.15, -0.1) is 0 Å². The number of nitrogens with zero attached hydrogens (tertiary/aromatic N) is 3. The van der Waals surface area contributed by atoms with Gasteiger partial charge < -0.3 is 10.8 Å². The first-order valence-electron chi connectivity index (χ1n) is 6.43. The number of aryl methyl sites for hydroxylation is 1. The largest absolute Gasteiger partial charge is 0.395 e. The van der Waals surface area contributed by atoms with Crippen molar-refractivity contribution in [2.24, 2.45) is 0 Å².